The Hall–Kier alpha value is -4.16. The number of pyridine rings is 2. The maximum atomic E-state index is 14.2. The molecule has 0 radical (unpaired) electrons. The lowest BCUT2D eigenvalue weighted by atomic mass is 9.94. The van der Waals surface area contributed by atoms with Crippen molar-refractivity contribution in [3.8, 4) is 5.88 Å². The molecule has 1 aromatic carbocycles. The number of rotatable bonds is 9. The molecule has 10 nitrogen and oxygen atoms in total. The van der Waals surface area contributed by atoms with Gasteiger partial charge in [0, 0.05) is 31.0 Å². The van der Waals surface area contributed by atoms with Crippen LogP contribution in [0.2, 0.25) is 0 Å². The minimum atomic E-state index is -0.876. The number of aliphatic hydroxyl groups is 1. The number of fused-ring (bicyclic) bond motifs is 1. The van der Waals surface area contributed by atoms with E-state index < -0.39 is 47.5 Å². The highest BCUT2D eigenvalue weighted by Crippen LogP contribution is 2.30. The molecule has 230 valence electrons. The topological polar surface area (TPSA) is 123 Å². The Bertz CT molecular complexity index is 1480. The highest BCUT2D eigenvalue weighted by Gasteiger charge is 2.40. The van der Waals surface area contributed by atoms with E-state index in [-0.39, 0.29) is 31.6 Å². The number of aromatic nitrogens is 2. The molecular formula is C31H36F2N4O6. The Labute approximate surface area is 248 Å². The van der Waals surface area contributed by atoms with Crippen LogP contribution in [0.25, 0.3) is 17.1 Å². The summed E-state index contributed by atoms with van der Waals surface area (Å²) in [6.07, 6.45) is 3.01. The van der Waals surface area contributed by atoms with Crippen molar-refractivity contribution in [1.29, 1.82) is 0 Å². The molecule has 0 spiro atoms. The molecule has 4 rings (SSSR count). The molecule has 1 fully saturated rings. The second-order valence-corrected chi connectivity index (χ2v) is 11.1. The van der Waals surface area contributed by atoms with Crippen LogP contribution >= 0.6 is 0 Å². The predicted octanol–water partition coefficient (Wildman–Crippen LogP) is 5.10. The number of amides is 2. The van der Waals surface area contributed by atoms with Crippen molar-refractivity contribution in [2.24, 2.45) is 0 Å². The first kappa shape index (κ1) is 31.8. The van der Waals surface area contributed by atoms with Gasteiger partial charge in [-0.2, -0.15) is 0 Å². The number of ether oxygens (including phenoxy) is 3. The van der Waals surface area contributed by atoms with Gasteiger partial charge in [-0.15, -0.1) is 0 Å². The third-order valence-corrected chi connectivity index (χ3v) is 6.81. The summed E-state index contributed by atoms with van der Waals surface area (Å²) in [5, 5.41) is 12.7. The van der Waals surface area contributed by atoms with Gasteiger partial charge in [0.1, 0.15) is 28.9 Å². The molecule has 1 saturated heterocycles. The van der Waals surface area contributed by atoms with Crippen molar-refractivity contribution in [3.05, 3.63) is 65.9 Å². The molecule has 3 aromatic rings. The van der Waals surface area contributed by atoms with Crippen molar-refractivity contribution in [2.45, 2.75) is 63.9 Å². The van der Waals surface area contributed by atoms with Crippen molar-refractivity contribution in [2.75, 3.05) is 25.6 Å². The van der Waals surface area contributed by atoms with Crippen molar-refractivity contribution in [3.63, 3.8) is 0 Å². The first-order valence-corrected chi connectivity index (χ1v) is 14.0. The molecule has 1 aliphatic rings. The van der Waals surface area contributed by atoms with E-state index in [1.807, 2.05) is 0 Å². The molecule has 2 amide bonds. The second kappa shape index (κ2) is 13.9. The number of carbonyl (C=O) groups excluding carboxylic acids is 2. The first-order chi connectivity index (χ1) is 20.5. The van der Waals surface area contributed by atoms with Gasteiger partial charge in [-0.05, 0) is 70.4 Å². The number of aliphatic hydroxyl groups excluding tert-OH is 1. The van der Waals surface area contributed by atoms with Gasteiger partial charge >= 0.3 is 6.09 Å². The van der Waals surface area contributed by atoms with Crippen LogP contribution in [0.1, 0.15) is 45.6 Å². The van der Waals surface area contributed by atoms with Crippen LogP contribution in [0, 0.1) is 11.6 Å². The predicted molar refractivity (Wildman–Crippen MR) is 156 cm³/mol. The summed E-state index contributed by atoms with van der Waals surface area (Å²) < 4.78 is 44.8. The lowest BCUT2D eigenvalue weighted by Gasteiger charge is -2.42. The SMILES string of the molecule is COc1ccc2nccc(NC(=O)[C@@H]3CC[C@@H](N(CC=Cc4cc(F)ccc4F)C(=O)OC(C)(C)C)[C@@H](CCO)O3)c2n1. The molecule has 1 aliphatic heterocycles. The molecule has 3 atom stereocenters. The summed E-state index contributed by atoms with van der Waals surface area (Å²) in [5.41, 5.74) is 0.683. The minimum absolute atomic E-state index is 0.00576. The van der Waals surface area contributed by atoms with Gasteiger partial charge in [0.25, 0.3) is 5.91 Å². The zero-order valence-electron chi connectivity index (χ0n) is 24.5. The van der Waals surface area contributed by atoms with Crippen LogP contribution in [0.4, 0.5) is 19.3 Å². The summed E-state index contributed by atoms with van der Waals surface area (Å²) in [5.74, 6) is -1.24. The maximum Gasteiger partial charge on any atom is 0.410 e. The monoisotopic (exact) mass is 598 g/mol. The van der Waals surface area contributed by atoms with Crippen molar-refractivity contribution < 1.29 is 37.7 Å². The van der Waals surface area contributed by atoms with Gasteiger partial charge in [0.05, 0.1) is 30.5 Å². The van der Waals surface area contributed by atoms with E-state index in [1.54, 1.807) is 45.2 Å². The van der Waals surface area contributed by atoms with E-state index in [9.17, 15) is 23.5 Å². The number of hydrogen-bond acceptors (Lipinski definition) is 8. The van der Waals surface area contributed by atoms with E-state index in [0.717, 1.165) is 18.2 Å². The molecule has 2 N–H and O–H groups in total. The summed E-state index contributed by atoms with van der Waals surface area (Å²) in [6.45, 7) is 4.95. The number of methoxy groups -OCH3 is 1. The summed E-state index contributed by atoms with van der Waals surface area (Å²) in [4.78, 5) is 36.8. The Morgan fingerprint density at radius 1 is 1.19 bits per heavy atom. The highest BCUT2D eigenvalue weighted by molar-refractivity contribution is 6.01. The molecule has 3 heterocycles. The maximum absolute atomic E-state index is 14.2. The number of nitrogens with zero attached hydrogens (tertiary/aromatic N) is 3. The summed E-state index contributed by atoms with van der Waals surface area (Å²) in [7, 11) is 1.49. The lowest BCUT2D eigenvalue weighted by Crippen LogP contribution is -2.54. The van der Waals surface area contributed by atoms with Crippen LogP contribution in [-0.2, 0) is 14.3 Å². The molecule has 2 aromatic heterocycles. The Kier molecular flexibility index (Phi) is 10.3. The molecule has 12 heteroatoms. The fourth-order valence-electron chi connectivity index (χ4n) is 4.85. The first-order valence-electron chi connectivity index (χ1n) is 14.0. The molecule has 43 heavy (non-hydrogen) atoms. The number of carbonyl (C=O) groups is 2. The van der Waals surface area contributed by atoms with E-state index in [0.29, 0.717) is 29.0 Å². The largest absolute Gasteiger partial charge is 0.481 e. The lowest BCUT2D eigenvalue weighted by molar-refractivity contribution is -0.144. The fraction of sp³-hybridized carbons (Fsp3) is 0.419. The van der Waals surface area contributed by atoms with Gasteiger partial charge in [-0.3, -0.25) is 14.7 Å². The standard InChI is InChI=1S/C31H36F2N4O6/c1-31(2,3)43-30(40)37(16-5-6-19-18-20(32)7-8-21(19)33)24-10-11-26(42-25(24)14-17-38)29(39)35-23-13-15-34-22-9-12-27(41-4)36-28(22)23/h5-9,12-13,15,18,24-26,38H,10-11,14,16-17H2,1-4H3,(H,34,35,39)/t24-,25-,26+/m1/s1. The molecule has 0 aliphatic carbocycles. The Morgan fingerprint density at radius 3 is 2.70 bits per heavy atom. The van der Waals surface area contributed by atoms with Gasteiger partial charge in [0.15, 0.2) is 0 Å². The van der Waals surface area contributed by atoms with E-state index >= 15 is 0 Å². The normalized spacial score (nSPS) is 18.9. The Morgan fingerprint density at radius 2 is 1.98 bits per heavy atom. The van der Waals surface area contributed by atoms with Gasteiger partial charge in [-0.1, -0.05) is 12.2 Å². The molecule has 0 bridgehead atoms. The third-order valence-electron chi connectivity index (χ3n) is 6.81. The average Bonchev–Trinajstić information content (AvgIpc) is 2.96. The average molecular weight is 599 g/mol. The number of anilines is 1. The van der Waals surface area contributed by atoms with Gasteiger partial charge in [0.2, 0.25) is 5.88 Å². The summed E-state index contributed by atoms with van der Waals surface area (Å²) >= 11 is 0. The van der Waals surface area contributed by atoms with Crippen molar-refractivity contribution >= 4 is 34.8 Å². The van der Waals surface area contributed by atoms with Gasteiger partial charge < -0.3 is 24.6 Å². The molecule has 0 saturated carbocycles. The van der Waals surface area contributed by atoms with Crippen LogP contribution in [0.15, 0.2) is 48.7 Å². The van der Waals surface area contributed by atoms with E-state index in [4.69, 9.17) is 14.2 Å². The Balaban J connectivity index is 1.53. The fourth-order valence-corrected chi connectivity index (χ4v) is 4.85. The number of halogens is 2. The van der Waals surface area contributed by atoms with Crippen LogP contribution in [-0.4, -0.2) is 76.1 Å². The van der Waals surface area contributed by atoms with Gasteiger partial charge in [-0.25, -0.2) is 18.6 Å². The quantitative estimate of drug-likeness (QED) is 0.349. The minimum Gasteiger partial charge on any atom is -0.481 e. The number of nitrogens with one attached hydrogen (secondary N) is 1. The van der Waals surface area contributed by atoms with E-state index in [1.165, 1.54) is 24.2 Å². The zero-order chi connectivity index (χ0) is 31.1. The molecule has 0 unspecified atom stereocenters. The number of hydrogen-bond donors (Lipinski definition) is 2. The van der Waals surface area contributed by atoms with Crippen molar-refractivity contribution in [1.82, 2.24) is 14.9 Å². The third kappa shape index (κ3) is 8.23. The van der Waals surface area contributed by atoms with Crippen LogP contribution in [0.5, 0.6) is 5.88 Å². The van der Waals surface area contributed by atoms with Crippen LogP contribution < -0.4 is 10.1 Å². The molecular weight excluding hydrogens is 562 g/mol. The number of benzene rings is 1. The zero-order valence-corrected chi connectivity index (χ0v) is 24.5. The summed E-state index contributed by atoms with van der Waals surface area (Å²) in [6, 6.07) is 7.57. The highest BCUT2D eigenvalue weighted by atomic mass is 19.1. The van der Waals surface area contributed by atoms with Crippen LogP contribution in [0.3, 0.4) is 0 Å². The van der Waals surface area contributed by atoms with E-state index in [2.05, 4.69) is 15.3 Å². The smallest absolute Gasteiger partial charge is 0.410 e. The second-order valence-electron chi connectivity index (χ2n) is 11.1.